The first-order valence-electron chi connectivity index (χ1n) is 6.11. The van der Waals surface area contributed by atoms with Crippen LogP contribution in [0.25, 0.3) is 0 Å². The third kappa shape index (κ3) is 4.17. The molecule has 0 spiro atoms. The van der Waals surface area contributed by atoms with Crippen molar-refractivity contribution in [3.63, 3.8) is 0 Å². The topological polar surface area (TPSA) is 42.0 Å². The number of nitrogens with one attached hydrogen (secondary N) is 1. The zero-order chi connectivity index (χ0) is 13.7. The molecule has 1 aromatic carbocycles. The molecule has 0 atom stereocenters. The second kappa shape index (κ2) is 6.48. The highest BCUT2D eigenvalue weighted by molar-refractivity contribution is 9.10. The third-order valence-corrected chi connectivity index (χ3v) is 3.39. The summed E-state index contributed by atoms with van der Waals surface area (Å²) in [4.78, 5) is 16.1. The Morgan fingerprint density at radius 1 is 1.32 bits per heavy atom. The molecule has 1 heterocycles. The van der Waals surface area contributed by atoms with E-state index in [1.54, 1.807) is 6.20 Å². The van der Waals surface area contributed by atoms with E-state index in [2.05, 4.69) is 26.2 Å². The van der Waals surface area contributed by atoms with Crippen molar-refractivity contribution < 1.29 is 4.79 Å². The fraction of sp³-hybridized carbons (Fsp3) is 0.200. The van der Waals surface area contributed by atoms with E-state index in [0.29, 0.717) is 12.8 Å². The van der Waals surface area contributed by atoms with Crippen LogP contribution in [0.2, 0.25) is 0 Å². The Morgan fingerprint density at radius 3 is 2.84 bits per heavy atom. The molecule has 0 bridgehead atoms. The standard InChI is InChI=1S/C15H15BrN2O/c1-11-5-7-14(13(16)10-11)18-15(19)8-6-12-4-2-3-9-17-12/h2-5,7,9-10H,6,8H2,1H3,(H,18,19). The van der Waals surface area contributed by atoms with Gasteiger partial charge in [0, 0.05) is 22.8 Å². The molecule has 1 amide bonds. The molecule has 98 valence electrons. The van der Waals surface area contributed by atoms with Crippen molar-refractivity contribution in [3.05, 3.63) is 58.3 Å². The maximum atomic E-state index is 11.9. The van der Waals surface area contributed by atoms with Crippen molar-refractivity contribution in [1.82, 2.24) is 4.98 Å². The summed E-state index contributed by atoms with van der Waals surface area (Å²) < 4.78 is 0.902. The van der Waals surface area contributed by atoms with Crippen LogP contribution in [-0.2, 0) is 11.2 Å². The summed E-state index contributed by atoms with van der Waals surface area (Å²) in [5, 5.41) is 2.89. The number of hydrogen-bond acceptors (Lipinski definition) is 2. The molecule has 0 aliphatic heterocycles. The highest BCUT2D eigenvalue weighted by Gasteiger charge is 2.06. The molecule has 1 N–H and O–H groups in total. The van der Waals surface area contributed by atoms with E-state index >= 15 is 0 Å². The molecule has 2 rings (SSSR count). The van der Waals surface area contributed by atoms with Gasteiger partial charge in [0.25, 0.3) is 0 Å². The summed E-state index contributed by atoms with van der Waals surface area (Å²) in [5.74, 6) is -0.00444. The highest BCUT2D eigenvalue weighted by atomic mass is 79.9. The largest absolute Gasteiger partial charge is 0.325 e. The van der Waals surface area contributed by atoms with Gasteiger partial charge in [-0.3, -0.25) is 9.78 Å². The molecule has 0 saturated carbocycles. The molecule has 2 aromatic rings. The van der Waals surface area contributed by atoms with Gasteiger partial charge >= 0.3 is 0 Å². The van der Waals surface area contributed by atoms with Gasteiger partial charge < -0.3 is 5.32 Å². The summed E-state index contributed by atoms with van der Waals surface area (Å²) >= 11 is 3.44. The molecule has 0 radical (unpaired) electrons. The Hall–Kier alpha value is -1.68. The average molecular weight is 319 g/mol. The van der Waals surface area contributed by atoms with E-state index < -0.39 is 0 Å². The van der Waals surface area contributed by atoms with Crippen LogP contribution in [-0.4, -0.2) is 10.9 Å². The van der Waals surface area contributed by atoms with Crippen LogP contribution in [0, 0.1) is 6.92 Å². The van der Waals surface area contributed by atoms with E-state index in [0.717, 1.165) is 21.4 Å². The number of nitrogens with zero attached hydrogens (tertiary/aromatic N) is 1. The number of carbonyl (C=O) groups is 1. The van der Waals surface area contributed by atoms with E-state index in [-0.39, 0.29) is 5.91 Å². The molecule has 4 heteroatoms. The lowest BCUT2D eigenvalue weighted by Crippen LogP contribution is -2.13. The lowest BCUT2D eigenvalue weighted by molar-refractivity contribution is -0.116. The van der Waals surface area contributed by atoms with Gasteiger partial charge in [-0.1, -0.05) is 12.1 Å². The summed E-state index contributed by atoms with van der Waals surface area (Å²) in [6, 6.07) is 11.6. The summed E-state index contributed by atoms with van der Waals surface area (Å²) in [6.45, 7) is 2.01. The van der Waals surface area contributed by atoms with Crippen LogP contribution in [0.5, 0.6) is 0 Å². The quantitative estimate of drug-likeness (QED) is 0.933. The number of hydrogen-bond donors (Lipinski definition) is 1. The van der Waals surface area contributed by atoms with Crippen molar-refractivity contribution in [3.8, 4) is 0 Å². The normalized spacial score (nSPS) is 10.2. The van der Waals surface area contributed by atoms with E-state index in [1.165, 1.54) is 0 Å². The van der Waals surface area contributed by atoms with Gasteiger partial charge in [-0.05, 0) is 59.1 Å². The SMILES string of the molecule is Cc1ccc(NC(=O)CCc2ccccn2)c(Br)c1. The molecule has 0 unspecified atom stereocenters. The van der Waals surface area contributed by atoms with Gasteiger partial charge in [0.15, 0.2) is 0 Å². The van der Waals surface area contributed by atoms with Crippen molar-refractivity contribution >= 4 is 27.5 Å². The van der Waals surface area contributed by atoms with Gasteiger partial charge in [-0.2, -0.15) is 0 Å². The van der Waals surface area contributed by atoms with Crippen LogP contribution in [0.15, 0.2) is 47.1 Å². The lowest BCUT2D eigenvalue weighted by atomic mass is 10.2. The predicted molar refractivity (Wildman–Crippen MR) is 80.1 cm³/mol. The number of pyridine rings is 1. The van der Waals surface area contributed by atoms with Crippen LogP contribution in [0.1, 0.15) is 17.7 Å². The van der Waals surface area contributed by atoms with Crippen molar-refractivity contribution in [2.75, 3.05) is 5.32 Å². The maximum Gasteiger partial charge on any atom is 0.224 e. The Balaban J connectivity index is 1.91. The highest BCUT2D eigenvalue weighted by Crippen LogP contribution is 2.23. The van der Waals surface area contributed by atoms with Crippen LogP contribution in [0.4, 0.5) is 5.69 Å². The van der Waals surface area contributed by atoms with Crippen LogP contribution >= 0.6 is 15.9 Å². The molecule has 1 aromatic heterocycles. The first-order chi connectivity index (χ1) is 9.15. The summed E-state index contributed by atoms with van der Waals surface area (Å²) in [7, 11) is 0. The third-order valence-electron chi connectivity index (χ3n) is 2.73. The van der Waals surface area contributed by atoms with Crippen molar-refractivity contribution in [2.45, 2.75) is 19.8 Å². The van der Waals surface area contributed by atoms with Crippen LogP contribution < -0.4 is 5.32 Å². The number of aromatic nitrogens is 1. The number of benzene rings is 1. The molecular formula is C15H15BrN2O. The summed E-state index contributed by atoms with van der Waals surface area (Å²) in [5.41, 5.74) is 2.88. The number of anilines is 1. The van der Waals surface area contributed by atoms with Crippen molar-refractivity contribution in [1.29, 1.82) is 0 Å². The van der Waals surface area contributed by atoms with Crippen LogP contribution in [0.3, 0.4) is 0 Å². The Bertz CT molecular complexity index is 570. The molecule has 0 aliphatic rings. The first kappa shape index (κ1) is 13.7. The number of aryl methyl sites for hydroxylation is 2. The van der Waals surface area contributed by atoms with Gasteiger partial charge in [0.1, 0.15) is 0 Å². The Kier molecular flexibility index (Phi) is 4.68. The maximum absolute atomic E-state index is 11.9. The molecule has 0 fully saturated rings. The zero-order valence-corrected chi connectivity index (χ0v) is 12.3. The molecule has 0 saturated heterocycles. The van der Waals surface area contributed by atoms with Gasteiger partial charge in [-0.25, -0.2) is 0 Å². The first-order valence-corrected chi connectivity index (χ1v) is 6.90. The summed E-state index contributed by atoms with van der Waals surface area (Å²) in [6.07, 6.45) is 2.82. The number of carbonyl (C=O) groups excluding carboxylic acids is 1. The second-order valence-electron chi connectivity index (χ2n) is 4.35. The number of halogens is 1. The monoisotopic (exact) mass is 318 g/mol. The zero-order valence-electron chi connectivity index (χ0n) is 10.7. The minimum absolute atomic E-state index is 0.00444. The molecular weight excluding hydrogens is 304 g/mol. The molecule has 0 aliphatic carbocycles. The van der Waals surface area contributed by atoms with Gasteiger partial charge in [-0.15, -0.1) is 0 Å². The smallest absolute Gasteiger partial charge is 0.224 e. The minimum atomic E-state index is -0.00444. The Morgan fingerprint density at radius 2 is 2.16 bits per heavy atom. The minimum Gasteiger partial charge on any atom is -0.325 e. The van der Waals surface area contributed by atoms with E-state index in [1.807, 2.05) is 43.3 Å². The second-order valence-corrected chi connectivity index (χ2v) is 5.21. The molecule has 3 nitrogen and oxygen atoms in total. The fourth-order valence-electron chi connectivity index (χ4n) is 1.72. The lowest BCUT2D eigenvalue weighted by Gasteiger charge is -2.08. The van der Waals surface area contributed by atoms with Crippen molar-refractivity contribution in [2.24, 2.45) is 0 Å². The number of amides is 1. The fourth-order valence-corrected chi connectivity index (χ4v) is 2.31. The van der Waals surface area contributed by atoms with E-state index in [4.69, 9.17) is 0 Å². The van der Waals surface area contributed by atoms with Gasteiger partial charge in [0.2, 0.25) is 5.91 Å². The number of rotatable bonds is 4. The van der Waals surface area contributed by atoms with E-state index in [9.17, 15) is 4.79 Å². The molecule has 19 heavy (non-hydrogen) atoms. The average Bonchev–Trinajstić information content (AvgIpc) is 2.41. The Labute approximate surface area is 121 Å². The predicted octanol–water partition coefficient (Wildman–Crippen LogP) is 3.72. The van der Waals surface area contributed by atoms with Gasteiger partial charge in [0.05, 0.1) is 5.69 Å².